The van der Waals surface area contributed by atoms with Crippen molar-refractivity contribution in [3.05, 3.63) is 95.3 Å². The van der Waals surface area contributed by atoms with Crippen molar-refractivity contribution in [1.82, 2.24) is 9.88 Å². The molecule has 1 saturated heterocycles. The Hall–Kier alpha value is -4.13. The second-order valence-corrected chi connectivity index (χ2v) is 7.94. The van der Waals surface area contributed by atoms with E-state index in [9.17, 15) is 14.7 Å². The largest absolute Gasteiger partial charge is 0.507 e. The maximum atomic E-state index is 13.2. The van der Waals surface area contributed by atoms with Crippen LogP contribution < -0.4 is 9.47 Å². The molecule has 1 aliphatic rings. The first-order chi connectivity index (χ1) is 16.5. The Morgan fingerprint density at radius 2 is 1.85 bits per heavy atom. The molecule has 7 heteroatoms. The number of rotatable bonds is 8. The molecule has 4 rings (SSSR count). The first-order valence-electron chi connectivity index (χ1n) is 11.1. The van der Waals surface area contributed by atoms with E-state index >= 15 is 0 Å². The molecule has 0 radical (unpaired) electrons. The van der Waals surface area contributed by atoms with Gasteiger partial charge in [-0.05, 0) is 60.0 Å². The van der Waals surface area contributed by atoms with Gasteiger partial charge in [0, 0.05) is 24.5 Å². The summed E-state index contributed by atoms with van der Waals surface area (Å²) in [5.41, 5.74) is 1.90. The van der Waals surface area contributed by atoms with E-state index in [0.29, 0.717) is 29.2 Å². The highest BCUT2D eigenvalue weighted by Crippen LogP contribution is 2.41. The molecule has 174 valence electrons. The van der Waals surface area contributed by atoms with Crippen molar-refractivity contribution in [3.8, 4) is 11.5 Å². The molecule has 34 heavy (non-hydrogen) atoms. The lowest BCUT2D eigenvalue weighted by Crippen LogP contribution is -2.29. The summed E-state index contributed by atoms with van der Waals surface area (Å²) in [7, 11) is 1.55. The fraction of sp³-hybridized carbons (Fsp3) is 0.222. The van der Waals surface area contributed by atoms with E-state index in [0.717, 1.165) is 12.0 Å². The molecule has 0 unspecified atom stereocenters. The third-order valence-electron chi connectivity index (χ3n) is 5.63. The summed E-state index contributed by atoms with van der Waals surface area (Å²) in [5.74, 6) is -0.396. The fourth-order valence-electron chi connectivity index (χ4n) is 3.98. The topological polar surface area (TPSA) is 89.0 Å². The van der Waals surface area contributed by atoms with Gasteiger partial charge in [-0.2, -0.15) is 0 Å². The number of ketones is 1. The van der Waals surface area contributed by atoms with Crippen LogP contribution in [0.1, 0.15) is 36.1 Å². The minimum atomic E-state index is -0.785. The van der Waals surface area contributed by atoms with Gasteiger partial charge in [0.25, 0.3) is 11.7 Å². The van der Waals surface area contributed by atoms with Crippen molar-refractivity contribution >= 4 is 17.4 Å². The molecular weight excluding hydrogens is 432 g/mol. The SMILES string of the molecule is CCCOc1cccc([C@H]2/C(=C(\O)c3ccc(OC)cc3)C(=O)C(=O)N2Cc2cccnc2)c1. The number of Topliss-reactive ketones (excluding diaryl/α,β-unsaturated/α-hetero) is 1. The van der Waals surface area contributed by atoms with Gasteiger partial charge in [-0.25, -0.2) is 0 Å². The first-order valence-corrected chi connectivity index (χ1v) is 11.1. The molecule has 1 aromatic heterocycles. The molecule has 3 aromatic rings. The summed E-state index contributed by atoms with van der Waals surface area (Å²) in [6.07, 6.45) is 4.15. The number of pyridine rings is 1. The minimum Gasteiger partial charge on any atom is -0.507 e. The van der Waals surface area contributed by atoms with Gasteiger partial charge in [-0.15, -0.1) is 0 Å². The maximum absolute atomic E-state index is 13.2. The van der Waals surface area contributed by atoms with Crippen molar-refractivity contribution in [2.45, 2.75) is 25.9 Å². The smallest absolute Gasteiger partial charge is 0.295 e. The first kappa shape index (κ1) is 23.0. The van der Waals surface area contributed by atoms with Crippen molar-refractivity contribution in [1.29, 1.82) is 0 Å². The van der Waals surface area contributed by atoms with Crippen LogP contribution in [0.3, 0.4) is 0 Å². The van der Waals surface area contributed by atoms with Crippen molar-refractivity contribution < 1.29 is 24.2 Å². The van der Waals surface area contributed by atoms with Gasteiger partial charge in [-0.3, -0.25) is 14.6 Å². The molecule has 1 amide bonds. The molecule has 2 aromatic carbocycles. The van der Waals surface area contributed by atoms with Gasteiger partial charge in [0.05, 0.1) is 25.3 Å². The second-order valence-electron chi connectivity index (χ2n) is 7.94. The van der Waals surface area contributed by atoms with E-state index in [1.165, 1.54) is 4.90 Å². The zero-order chi connectivity index (χ0) is 24.1. The number of benzene rings is 2. The number of ether oxygens (including phenoxy) is 2. The second kappa shape index (κ2) is 10.2. The van der Waals surface area contributed by atoms with Crippen LogP contribution in [-0.2, 0) is 16.1 Å². The van der Waals surface area contributed by atoms with Gasteiger partial charge in [0.15, 0.2) is 0 Å². The minimum absolute atomic E-state index is 0.0340. The van der Waals surface area contributed by atoms with Gasteiger partial charge >= 0.3 is 0 Å². The maximum Gasteiger partial charge on any atom is 0.295 e. The molecule has 1 fully saturated rings. The predicted octanol–water partition coefficient (Wildman–Crippen LogP) is 4.50. The molecular formula is C27H26N2O5. The number of aliphatic hydroxyl groups is 1. The van der Waals surface area contributed by atoms with E-state index < -0.39 is 17.7 Å². The van der Waals surface area contributed by atoms with Crippen LogP contribution >= 0.6 is 0 Å². The van der Waals surface area contributed by atoms with E-state index in [1.807, 2.05) is 37.3 Å². The third kappa shape index (κ3) is 4.64. The van der Waals surface area contributed by atoms with Crippen molar-refractivity contribution in [2.75, 3.05) is 13.7 Å². The number of carbonyl (C=O) groups is 2. The lowest BCUT2D eigenvalue weighted by atomic mass is 9.95. The number of nitrogens with zero attached hydrogens (tertiary/aromatic N) is 2. The number of aromatic nitrogens is 1. The highest BCUT2D eigenvalue weighted by Gasteiger charge is 2.46. The van der Waals surface area contributed by atoms with Crippen LogP contribution in [-0.4, -0.2) is 40.4 Å². The zero-order valence-electron chi connectivity index (χ0n) is 19.1. The van der Waals surface area contributed by atoms with Crippen LogP contribution in [0.4, 0.5) is 0 Å². The van der Waals surface area contributed by atoms with Gasteiger partial charge in [0.1, 0.15) is 17.3 Å². The van der Waals surface area contributed by atoms with Crippen LogP contribution in [0, 0.1) is 0 Å². The molecule has 0 saturated carbocycles. The predicted molar refractivity (Wildman–Crippen MR) is 127 cm³/mol. The number of likely N-dealkylation sites (tertiary alicyclic amines) is 1. The van der Waals surface area contributed by atoms with E-state index in [4.69, 9.17) is 9.47 Å². The Morgan fingerprint density at radius 3 is 2.53 bits per heavy atom. The fourth-order valence-corrected chi connectivity index (χ4v) is 3.98. The number of hydrogen-bond acceptors (Lipinski definition) is 6. The lowest BCUT2D eigenvalue weighted by Gasteiger charge is -2.25. The molecule has 1 N–H and O–H groups in total. The number of aliphatic hydroxyl groups excluding tert-OH is 1. The summed E-state index contributed by atoms with van der Waals surface area (Å²) < 4.78 is 11.0. The summed E-state index contributed by atoms with van der Waals surface area (Å²) >= 11 is 0. The molecule has 2 heterocycles. The molecule has 1 atom stereocenters. The Morgan fingerprint density at radius 1 is 1.06 bits per heavy atom. The molecule has 1 aliphatic heterocycles. The Labute approximate surface area is 198 Å². The average molecular weight is 459 g/mol. The number of amides is 1. The monoisotopic (exact) mass is 458 g/mol. The van der Waals surface area contributed by atoms with Crippen LogP contribution in [0.2, 0.25) is 0 Å². The Kier molecular flexibility index (Phi) is 6.92. The third-order valence-corrected chi connectivity index (χ3v) is 5.63. The van der Waals surface area contributed by atoms with Crippen LogP contribution in [0.15, 0.2) is 78.6 Å². The Bertz CT molecular complexity index is 1210. The summed E-state index contributed by atoms with van der Waals surface area (Å²) in [6, 6.07) is 16.8. The van der Waals surface area contributed by atoms with Gasteiger partial charge < -0.3 is 19.5 Å². The van der Waals surface area contributed by atoms with E-state index in [2.05, 4.69) is 4.98 Å². The summed E-state index contributed by atoms with van der Waals surface area (Å²) in [6.45, 7) is 2.73. The van der Waals surface area contributed by atoms with Crippen molar-refractivity contribution in [3.63, 3.8) is 0 Å². The molecule has 0 aliphatic carbocycles. The summed E-state index contributed by atoms with van der Waals surface area (Å²) in [4.78, 5) is 31.9. The Balaban J connectivity index is 1.83. The van der Waals surface area contributed by atoms with Gasteiger partial charge in [-0.1, -0.05) is 25.1 Å². The van der Waals surface area contributed by atoms with Crippen LogP contribution in [0.25, 0.3) is 5.76 Å². The van der Waals surface area contributed by atoms with E-state index in [1.54, 1.807) is 49.8 Å². The number of methoxy groups -OCH3 is 1. The quantitative estimate of drug-likeness (QED) is 0.304. The zero-order valence-corrected chi connectivity index (χ0v) is 19.1. The van der Waals surface area contributed by atoms with Crippen LogP contribution in [0.5, 0.6) is 11.5 Å². The molecule has 0 bridgehead atoms. The lowest BCUT2D eigenvalue weighted by molar-refractivity contribution is -0.140. The molecule has 0 spiro atoms. The highest BCUT2D eigenvalue weighted by molar-refractivity contribution is 6.46. The number of carbonyl (C=O) groups excluding carboxylic acids is 2. The standard InChI is InChI=1S/C27H26N2O5/c1-3-14-34-22-8-4-7-20(15-22)24-23(25(30)19-9-11-21(33-2)12-10-19)26(31)27(32)29(24)17-18-6-5-13-28-16-18/h4-13,15-16,24,30H,3,14,17H2,1-2H3/b25-23+/t24-/m0/s1. The normalized spacial score (nSPS) is 17.1. The van der Waals surface area contributed by atoms with Crippen molar-refractivity contribution in [2.24, 2.45) is 0 Å². The molecule has 7 nitrogen and oxygen atoms in total. The highest BCUT2D eigenvalue weighted by atomic mass is 16.5. The number of hydrogen-bond donors (Lipinski definition) is 1. The average Bonchev–Trinajstić information content (AvgIpc) is 3.13. The van der Waals surface area contributed by atoms with E-state index in [-0.39, 0.29) is 17.9 Å². The summed E-state index contributed by atoms with van der Waals surface area (Å²) in [5, 5.41) is 11.2. The van der Waals surface area contributed by atoms with Gasteiger partial charge in [0.2, 0.25) is 0 Å².